The lowest BCUT2D eigenvalue weighted by molar-refractivity contribution is -0.126. The third kappa shape index (κ3) is 2.01. The maximum absolute atomic E-state index is 11.7. The van der Waals surface area contributed by atoms with E-state index in [0.717, 1.165) is 23.0 Å². The molecule has 1 aromatic carbocycles. The number of benzene rings is 1. The van der Waals surface area contributed by atoms with Crippen molar-refractivity contribution in [2.75, 3.05) is 13.1 Å². The summed E-state index contributed by atoms with van der Waals surface area (Å²) in [6.45, 7) is 2.01. The molecule has 0 saturated carbocycles. The Morgan fingerprint density at radius 3 is 2.57 bits per heavy atom. The minimum atomic E-state index is -0.180. The smallest absolute Gasteiger partial charge is 0.231 e. The second-order valence-corrected chi connectivity index (χ2v) is 5.75. The minimum absolute atomic E-state index is 0.122. The third-order valence-electron chi connectivity index (χ3n) is 4.43. The van der Waals surface area contributed by atoms with Crippen molar-refractivity contribution in [1.29, 1.82) is 0 Å². The number of amides is 2. The maximum atomic E-state index is 11.7. The number of aromatic nitrogens is 1. The molecular weight excluding hydrogens is 266 g/mol. The van der Waals surface area contributed by atoms with E-state index < -0.39 is 0 Å². The Morgan fingerprint density at radius 2 is 1.81 bits per heavy atom. The first kappa shape index (κ1) is 12.5. The summed E-state index contributed by atoms with van der Waals surface area (Å²) in [5.41, 5.74) is 2.13. The molecule has 1 N–H and O–H groups in total. The van der Waals surface area contributed by atoms with Crippen LogP contribution in [0, 0.1) is 11.8 Å². The first-order chi connectivity index (χ1) is 10.2. The number of carbonyl (C=O) groups is 2. The van der Waals surface area contributed by atoms with Crippen molar-refractivity contribution >= 4 is 22.7 Å². The van der Waals surface area contributed by atoms with Crippen LogP contribution in [0.15, 0.2) is 36.5 Å². The normalized spacial score (nSPS) is 25.3. The van der Waals surface area contributed by atoms with Gasteiger partial charge in [-0.2, -0.15) is 0 Å². The quantitative estimate of drug-likeness (QED) is 0.832. The molecule has 0 spiro atoms. The zero-order valence-corrected chi connectivity index (χ0v) is 11.5. The molecule has 0 unspecified atom stereocenters. The Bertz CT molecular complexity index is 716. The fourth-order valence-corrected chi connectivity index (χ4v) is 3.39. The number of para-hydroxylation sites is 1. The van der Waals surface area contributed by atoms with Gasteiger partial charge in [0.2, 0.25) is 11.8 Å². The van der Waals surface area contributed by atoms with Gasteiger partial charge in [-0.1, -0.05) is 24.3 Å². The molecule has 1 aromatic heterocycles. The summed E-state index contributed by atoms with van der Waals surface area (Å²) in [5, 5.41) is 3.53. The highest BCUT2D eigenvalue weighted by Gasteiger charge is 2.47. The van der Waals surface area contributed by atoms with Crippen molar-refractivity contribution in [2.45, 2.75) is 6.54 Å². The topological polar surface area (TPSA) is 62.3 Å². The number of likely N-dealkylation sites (tertiary alicyclic amines) is 1. The maximum Gasteiger partial charge on any atom is 0.231 e. The first-order valence-electron chi connectivity index (χ1n) is 7.12. The van der Waals surface area contributed by atoms with Gasteiger partial charge in [-0.25, -0.2) is 0 Å². The van der Waals surface area contributed by atoms with E-state index in [1.54, 1.807) is 6.20 Å². The molecule has 106 valence electrons. The zero-order chi connectivity index (χ0) is 14.4. The van der Waals surface area contributed by atoms with Crippen LogP contribution in [0.3, 0.4) is 0 Å². The monoisotopic (exact) mass is 281 g/mol. The Kier molecular flexibility index (Phi) is 2.75. The molecule has 0 aliphatic carbocycles. The molecule has 0 bridgehead atoms. The van der Waals surface area contributed by atoms with E-state index in [-0.39, 0.29) is 23.7 Å². The summed E-state index contributed by atoms with van der Waals surface area (Å²) in [7, 11) is 0. The molecule has 0 radical (unpaired) electrons. The molecule has 2 aliphatic heterocycles. The van der Waals surface area contributed by atoms with Crippen LogP contribution in [0.2, 0.25) is 0 Å². The molecule has 2 aromatic rings. The molecule has 2 saturated heterocycles. The number of carbonyl (C=O) groups excluding carboxylic acids is 2. The summed E-state index contributed by atoms with van der Waals surface area (Å²) < 4.78 is 0. The van der Waals surface area contributed by atoms with Gasteiger partial charge in [0.25, 0.3) is 0 Å². The zero-order valence-electron chi connectivity index (χ0n) is 11.5. The van der Waals surface area contributed by atoms with Gasteiger partial charge in [0.15, 0.2) is 0 Å². The molecule has 2 atom stereocenters. The summed E-state index contributed by atoms with van der Waals surface area (Å²) in [4.78, 5) is 30.0. The predicted octanol–water partition coefficient (Wildman–Crippen LogP) is 0.939. The van der Waals surface area contributed by atoms with E-state index in [1.165, 1.54) is 0 Å². The second-order valence-electron chi connectivity index (χ2n) is 5.75. The first-order valence-corrected chi connectivity index (χ1v) is 7.12. The largest absolute Gasteiger partial charge is 0.297 e. The lowest BCUT2D eigenvalue weighted by Gasteiger charge is -2.17. The van der Waals surface area contributed by atoms with E-state index in [2.05, 4.69) is 21.3 Å². The molecule has 21 heavy (non-hydrogen) atoms. The van der Waals surface area contributed by atoms with Crippen LogP contribution in [0.25, 0.3) is 10.9 Å². The van der Waals surface area contributed by atoms with Gasteiger partial charge in [0.05, 0.1) is 17.4 Å². The van der Waals surface area contributed by atoms with Crippen LogP contribution in [-0.4, -0.2) is 34.8 Å². The molecule has 4 rings (SSSR count). The molecule has 5 nitrogen and oxygen atoms in total. The van der Waals surface area contributed by atoms with E-state index in [1.807, 2.05) is 24.3 Å². The average Bonchev–Trinajstić information content (AvgIpc) is 3.01. The predicted molar refractivity (Wildman–Crippen MR) is 77.1 cm³/mol. The number of hydrogen-bond donors (Lipinski definition) is 1. The van der Waals surface area contributed by atoms with Gasteiger partial charge in [-0.15, -0.1) is 0 Å². The fraction of sp³-hybridized carbons (Fsp3) is 0.312. The number of rotatable bonds is 2. The van der Waals surface area contributed by atoms with Gasteiger partial charge in [0.1, 0.15) is 0 Å². The fourth-order valence-electron chi connectivity index (χ4n) is 3.39. The van der Waals surface area contributed by atoms with E-state index in [0.29, 0.717) is 13.1 Å². The van der Waals surface area contributed by atoms with Gasteiger partial charge in [-0.05, 0) is 11.6 Å². The summed E-state index contributed by atoms with van der Waals surface area (Å²) >= 11 is 0. The molecule has 3 heterocycles. The molecule has 2 aliphatic rings. The average molecular weight is 281 g/mol. The van der Waals surface area contributed by atoms with E-state index >= 15 is 0 Å². The molecular formula is C16H15N3O2. The number of nitrogens with zero attached hydrogens (tertiary/aromatic N) is 2. The van der Waals surface area contributed by atoms with E-state index in [9.17, 15) is 9.59 Å². The highest BCUT2D eigenvalue weighted by atomic mass is 16.2. The highest BCUT2D eigenvalue weighted by molar-refractivity contribution is 6.05. The molecule has 5 heteroatoms. The minimum Gasteiger partial charge on any atom is -0.297 e. The van der Waals surface area contributed by atoms with Crippen molar-refractivity contribution in [3.05, 3.63) is 42.1 Å². The number of nitrogens with one attached hydrogen (secondary N) is 1. The van der Waals surface area contributed by atoms with Crippen molar-refractivity contribution in [3.8, 4) is 0 Å². The summed E-state index contributed by atoms with van der Waals surface area (Å²) in [6.07, 6.45) is 1.79. The Morgan fingerprint density at radius 1 is 1.10 bits per heavy atom. The van der Waals surface area contributed by atoms with Gasteiger partial charge in [-0.3, -0.25) is 24.8 Å². The molecule has 2 amide bonds. The Balaban J connectivity index is 1.59. The standard InChI is InChI=1S/C16H15N3O2/c20-15-12-8-19(9-13(12)16(21)18-15)7-11-4-1-3-10-5-2-6-17-14(10)11/h1-6,12-13H,7-9H2,(H,18,20,21)/t12-,13+. The number of imide groups is 1. The van der Waals surface area contributed by atoms with Gasteiger partial charge in [0, 0.05) is 31.2 Å². The van der Waals surface area contributed by atoms with Crippen molar-refractivity contribution in [2.24, 2.45) is 11.8 Å². The summed E-state index contributed by atoms with van der Waals surface area (Å²) in [5.74, 6) is -0.604. The van der Waals surface area contributed by atoms with Crippen molar-refractivity contribution in [1.82, 2.24) is 15.2 Å². The lowest BCUT2D eigenvalue weighted by atomic mass is 10.00. The van der Waals surface area contributed by atoms with Crippen molar-refractivity contribution in [3.63, 3.8) is 0 Å². The number of hydrogen-bond acceptors (Lipinski definition) is 4. The third-order valence-corrected chi connectivity index (χ3v) is 4.43. The summed E-state index contributed by atoms with van der Waals surface area (Å²) in [6, 6.07) is 10.1. The van der Waals surface area contributed by atoms with Crippen LogP contribution in [0.1, 0.15) is 5.56 Å². The van der Waals surface area contributed by atoms with Crippen LogP contribution in [-0.2, 0) is 16.1 Å². The Labute approximate surface area is 122 Å². The number of pyridine rings is 1. The second kappa shape index (κ2) is 4.63. The molecule has 2 fully saturated rings. The lowest BCUT2D eigenvalue weighted by Crippen LogP contribution is -2.31. The Hall–Kier alpha value is -2.27. The van der Waals surface area contributed by atoms with Gasteiger partial charge >= 0.3 is 0 Å². The van der Waals surface area contributed by atoms with Crippen LogP contribution >= 0.6 is 0 Å². The van der Waals surface area contributed by atoms with Crippen LogP contribution < -0.4 is 5.32 Å². The van der Waals surface area contributed by atoms with Crippen LogP contribution in [0.4, 0.5) is 0 Å². The highest BCUT2D eigenvalue weighted by Crippen LogP contribution is 2.30. The van der Waals surface area contributed by atoms with Crippen LogP contribution in [0.5, 0.6) is 0 Å². The number of fused-ring (bicyclic) bond motifs is 2. The van der Waals surface area contributed by atoms with E-state index in [4.69, 9.17) is 0 Å². The van der Waals surface area contributed by atoms with Gasteiger partial charge < -0.3 is 0 Å². The SMILES string of the molecule is O=C1NC(=O)[C@@H]2CN(Cc3cccc4cccnc34)C[C@H]12. The van der Waals surface area contributed by atoms with Crippen molar-refractivity contribution < 1.29 is 9.59 Å².